The summed E-state index contributed by atoms with van der Waals surface area (Å²) in [6.07, 6.45) is 2.50. The Bertz CT molecular complexity index is 1050. The largest absolute Gasteiger partial charge is 0.497 e. The molecule has 8 heteroatoms. The summed E-state index contributed by atoms with van der Waals surface area (Å²) in [7, 11) is 1.64. The van der Waals surface area contributed by atoms with Crippen LogP contribution in [0.1, 0.15) is 6.42 Å². The highest BCUT2D eigenvalue weighted by Gasteiger charge is 2.06. The molecule has 0 saturated heterocycles. The summed E-state index contributed by atoms with van der Waals surface area (Å²) >= 11 is 0. The molecular weight excluding hydrogens is 342 g/mol. The van der Waals surface area contributed by atoms with Gasteiger partial charge >= 0.3 is 0 Å². The van der Waals surface area contributed by atoms with Crippen molar-refractivity contribution in [1.82, 2.24) is 30.2 Å². The number of benzene rings is 2. The lowest BCUT2D eigenvalue weighted by Gasteiger charge is -2.07. The summed E-state index contributed by atoms with van der Waals surface area (Å²) in [4.78, 5) is 4.53. The van der Waals surface area contributed by atoms with E-state index in [9.17, 15) is 0 Å². The third-order valence-corrected chi connectivity index (χ3v) is 4.17. The first kappa shape index (κ1) is 16.9. The molecule has 27 heavy (non-hydrogen) atoms. The Morgan fingerprint density at radius 2 is 2.00 bits per heavy atom. The van der Waals surface area contributed by atoms with Crippen LogP contribution in [0.2, 0.25) is 0 Å². The number of para-hydroxylation sites is 1. The molecule has 0 aliphatic carbocycles. The van der Waals surface area contributed by atoms with E-state index in [4.69, 9.17) is 4.74 Å². The van der Waals surface area contributed by atoms with Crippen molar-refractivity contribution in [1.29, 1.82) is 0 Å². The molecular formula is C19H19N7O. The van der Waals surface area contributed by atoms with Gasteiger partial charge in [0.05, 0.1) is 24.5 Å². The summed E-state index contributed by atoms with van der Waals surface area (Å²) in [6, 6.07) is 15.6. The SMILES string of the molecule is COc1cccc(-c2cnnc(NCCCn3nnc4ccccc43)n2)c1. The van der Waals surface area contributed by atoms with Crippen LogP contribution in [0, 0.1) is 0 Å². The average molecular weight is 361 g/mol. The molecule has 0 atom stereocenters. The summed E-state index contributed by atoms with van der Waals surface area (Å²) < 4.78 is 7.16. The number of aromatic nitrogens is 6. The van der Waals surface area contributed by atoms with Gasteiger partial charge in [-0.2, -0.15) is 5.10 Å². The van der Waals surface area contributed by atoms with Crippen molar-refractivity contribution in [2.75, 3.05) is 19.0 Å². The predicted octanol–water partition coefficient (Wildman–Crippen LogP) is 2.79. The van der Waals surface area contributed by atoms with Crippen LogP contribution in [0.3, 0.4) is 0 Å². The number of hydrogen-bond acceptors (Lipinski definition) is 7. The Balaban J connectivity index is 1.37. The van der Waals surface area contributed by atoms with Gasteiger partial charge in [-0.1, -0.05) is 29.5 Å². The van der Waals surface area contributed by atoms with Crippen molar-refractivity contribution >= 4 is 17.0 Å². The summed E-state index contributed by atoms with van der Waals surface area (Å²) in [6.45, 7) is 1.47. The van der Waals surface area contributed by atoms with Gasteiger partial charge in [0, 0.05) is 18.7 Å². The van der Waals surface area contributed by atoms with Crippen LogP contribution in [-0.2, 0) is 6.54 Å². The number of methoxy groups -OCH3 is 1. The van der Waals surface area contributed by atoms with Crippen LogP contribution in [0.15, 0.2) is 54.7 Å². The Morgan fingerprint density at radius 3 is 2.93 bits per heavy atom. The lowest BCUT2D eigenvalue weighted by Crippen LogP contribution is -2.10. The Hall–Kier alpha value is -3.55. The van der Waals surface area contributed by atoms with Gasteiger partial charge in [-0.05, 0) is 30.7 Å². The number of anilines is 1. The number of hydrogen-bond donors (Lipinski definition) is 1. The number of fused-ring (bicyclic) bond motifs is 1. The number of ether oxygens (including phenoxy) is 1. The molecule has 0 aliphatic heterocycles. The molecule has 2 aromatic carbocycles. The molecule has 8 nitrogen and oxygen atoms in total. The quantitative estimate of drug-likeness (QED) is 0.506. The highest BCUT2D eigenvalue weighted by Crippen LogP contribution is 2.21. The summed E-state index contributed by atoms with van der Waals surface area (Å²) in [5, 5.41) is 19.7. The van der Waals surface area contributed by atoms with Crippen LogP contribution in [0.25, 0.3) is 22.3 Å². The first-order chi connectivity index (χ1) is 13.3. The topological polar surface area (TPSA) is 90.6 Å². The van der Waals surface area contributed by atoms with Gasteiger partial charge in [-0.3, -0.25) is 0 Å². The fraction of sp³-hybridized carbons (Fsp3) is 0.211. The van der Waals surface area contributed by atoms with Crippen molar-refractivity contribution in [3.05, 3.63) is 54.7 Å². The highest BCUT2D eigenvalue weighted by molar-refractivity contribution is 5.73. The number of nitrogens with one attached hydrogen (secondary N) is 1. The maximum absolute atomic E-state index is 5.26. The van der Waals surface area contributed by atoms with E-state index in [0.717, 1.165) is 41.0 Å². The maximum atomic E-state index is 5.26. The second kappa shape index (κ2) is 7.77. The van der Waals surface area contributed by atoms with E-state index in [-0.39, 0.29) is 0 Å². The fourth-order valence-electron chi connectivity index (χ4n) is 2.81. The second-order valence-corrected chi connectivity index (χ2v) is 5.98. The van der Waals surface area contributed by atoms with E-state index in [1.54, 1.807) is 13.3 Å². The fourth-order valence-corrected chi connectivity index (χ4v) is 2.81. The number of nitrogens with zero attached hydrogens (tertiary/aromatic N) is 6. The molecule has 0 unspecified atom stereocenters. The minimum atomic E-state index is 0.499. The van der Waals surface area contributed by atoms with Crippen LogP contribution < -0.4 is 10.1 Å². The third-order valence-electron chi connectivity index (χ3n) is 4.17. The molecule has 0 radical (unpaired) electrons. The minimum Gasteiger partial charge on any atom is -0.497 e. The minimum absolute atomic E-state index is 0.499. The average Bonchev–Trinajstić information content (AvgIpc) is 3.15. The van der Waals surface area contributed by atoms with Gasteiger partial charge in [-0.15, -0.1) is 10.2 Å². The Labute approximate surface area is 156 Å². The molecule has 0 amide bonds. The van der Waals surface area contributed by atoms with Gasteiger partial charge in [0.15, 0.2) is 0 Å². The van der Waals surface area contributed by atoms with Crippen LogP contribution in [0.5, 0.6) is 5.75 Å². The van der Waals surface area contributed by atoms with Crippen LogP contribution in [-0.4, -0.2) is 43.8 Å². The summed E-state index contributed by atoms with van der Waals surface area (Å²) in [5.74, 6) is 1.28. The third kappa shape index (κ3) is 3.84. The highest BCUT2D eigenvalue weighted by atomic mass is 16.5. The summed E-state index contributed by atoms with van der Waals surface area (Å²) in [5.41, 5.74) is 3.62. The Kier molecular flexibility index (Phi) is 4.86. The van der Waals surface area contributed by atoms with Gasteiger partial charge in [0.1, 0.15) is 11.3 Å². The molecule has 0 spiro atoms. The second-order valence-electron chi connectivity index (χ2n) is 5.98. The first-order valence-corrected chi connectivity index (χ1v) is 8.70. The zero-order valence-electron chi connectivity index (χ0n) is 14.9. The van der Waals surface area contributed by atoms with E-state index in [2.05, 4.69) is 30.8 Å². The van der Waals surface area contributed by atoms with E-state index in [1.807, 2.05) is 53.2 Å². The van der Waals surface area contributed by atoms with E-state index < -0.39 is 0 Å². The number of aryl methyl sites for hydroxylation is 1. The molecule has 1 N–H and O–H groups in total. The van der Waals surface area contributed by atoms with Crippen molar-refractivity contribution in [2.45, 2.75) is 13.0 Å². The molecule has 4 aromatic rings. The van der Waals surface area contributed by atoms with Crippen molar-refractivity contribution < 1.29 is 4.74 Å². The maximum Gasteiger partial charge on any atom is 0.243 e. The van der Waals surface area contributed by atoms with E-state index in [1.165, 1.54) is 0 Å². The van der Waals surface area contributed by atoms with Crippen molar-refractivity contribution in [3.63, 3.8) is 0 Å². The zero-order chi connectivity index (χ0) is 18.5. The molecule has 0 aliphatic rings. The van der Waals surface area contributed by atoms with Crippen molar-refractivity contribution in [2.24, 2.45) is 0 Å². The molecule has 0 saturated carbocycles. The standard InChI is InChI=1S/C19H19N7O/c1-27-15-7-4-6-14(12-15)17-13-21-24-19(22-17)20-10-5-11-26-18-9-3-2-8-16(18)23-25-26/h2-4,6-9,12-13H,5,10-11H2,1H3,(H,20,22,24). The van der Waals surface area contributed by atoms with Gasteiger partial charge < -0.3 is 10.1 Å². The normalized spacial score (nSPS) is 10.9. The molecule has 2 heterocycles. The predicted molar refractivity (Wildman–Crippen MR) is 102 cm³/mol. The first-order valence-electron chi connectivity index (χ1n) is 8.70. The monoisotopic (exact) mass is 361 g/mol. The van der Waals surface area contributed by atoms with E-state index >= 15 is 0 Å². The van der Waals surface area contributed by atoms with Crippen LogP contribution in [0.4, 0.5) is 5.95 Å². The van der Waals surface area contributed by atoms with Gasteiger partial charge in [0.25, 0.3) is 0 Å². The smallest absolute Gasteiger partial charge is 0.243 e. The molecule has 4 rings (SSSR count). The molecule has 0 fully saturated rings. The van der Waals surface area contributed by atoms with Crippen molar-refractivity contribution in [3.8, 4) is 17.0 Å². The lowest BCUT2D eigenvalue weighted by molar-refractivity contribution is 0.415. The van der Waals surface area contributed by atoms with Gasteiger partial charge in [-0.25, -0.2) is 9.67 Å². The lowest BCUT2D eigenvalue weighted by atomic mass is 10.1. The molecule has 136 valence electrons. The molecule has 0 bridgehead atoms. The molecule has 2 aromatic heterocycles. The zero-order valence-corrected chi connectivity index (χ0v) is 14.9. The number of rotatable bonds is 7. The van der Waals surface area contributed by atoms with E-state index in [0.29, 0.717) is 12.5 Å². The van der Waals surface area contributed by atoms with Gasteiger partial charge in [0.2, 0.25) is 5.95 Å². The Morgan fingerprint density at radius 1 is 1.07 bits per heavy atom. The van der Waals surface area contributed by atoms with Crippen LogP contribution >= 0.6 is 0 Å².